The SMILES string of the molecule is CC(C)(C)c1cc(N2CN(c3cccc(Oc4ccc5c6cc(-c7ccc8c9ccccc9n(-c9ccccc9)c8c7)ccc6n(-c6cc(C(C)(C)C)ccn6)c5c4)c3)c3ccc(-c4ccccc4)cc32)cc(C(C)(C)C)c1. The zero-order chi connectivity index (χ0) is 53.7. The van der Waals surface area contributed by atoms with Crippen LogP contribution in [0.25, 0.3) is 77.4 Å². The van der Waals surface area contributed by atoms with Crippen molar-refractivity contribution >= 4 is 66.4 Å². The van der Waals surface area contributed by atoms with E-state index in [4.69, 9.17) is 9.72 Å². The number of nitrogens with zero attached hydrogens (tertiary/aromatic N) is 5. The smallest absolute Gasteiger partial charge is 0.137 e. The number of pyridine rings is 1. The Morgan fingerprint density at radius 2 is 0.923 bits per heavy atom. The first-order valence-electron chi connectivity index (χ1n) is 27.4. The zero-order valence-corrected chi connectivity index (χ0v) is 46.1. The van der Waals surface area contributed by atoms with Gasteiger partial charge in [0.25, 0.3) is 0 Å². The number of hydrogen-bond donors (Lipinski definition) is 0. The Balaban J connectivity index is 0.900. The van der Waals surface area contributed by atoms with Gasteiger partial charge in [-0.25, -0.2) is 4.98 Å². The average Bonchev–Trinajstić information content (AvgIpc) is 4.29. The lowest BCUT2D eigenvalue weighted by atomic mass is 9.80. The Morgan fingerprint density at radius 1 is 0.346 bits per heavy atom. The van der Waals surface area contributed by atoms with Crippen molar-refractivity contribution in [2.24, 2.45) is 0 Å². The molecule has 0 saturated heterocycles. The highest BCUT2D eigenvalue weighted by Crippen LogP contribution is 2.49. The summed E-state index contributed by atoms with van der Waals surface area (Å²) in [6.45, 7) is 21.3. The van der Waals surface area contributed by atoms with E-state index in [1.807, 2.05) is 6.20 Å². The van der Waals surface area contributed by atoms with Gasteiger partial charge in [0.05, 0.1) is 33.4 Å². The van der Waals surface area contributed by atoms with Crippen LogP contribution < -0.4 is 14.5 Å². The number of benzene rings is 9. The molecule has 0 spiro atoms. The fourth-order valence-corrected chi connectivity index (χ4v) is 11.5. The van der Waals surface area contributed by atoms with Gasteiger partial charge in [0, 0.05) is 56.9 Å². The molecule has 0 bridgehead atoms. The lowest BCUT2D eigenvalue weighted by molar-refractivity contribution is 0.483. The Bertz CT molecular complexity index is 4240. The molecule has 12 aromatic rings. The van der Waals surface area contributed by atoms with Crippen molar-refractivity contribution in [2.75, 3.05) is 16.5 Å². The standard InChI is InChI=1S/C72H65N5O/c1-70(2,3)51-35-36-73-69(43-51)77-64-33-28-48(50-27-31-60-59-25-16-17-26-63(59)76(66(60)38-50)54-21-14-11-15-22-54)37-62(64)61-32-30-58(45-67(61)77)78-57-24-18-23-55(44-57)74-46-75(56-41-52(71(4,5)6)40-53(42-56)72(7,8)9)68-39-49(29-34-65(68)74)47-19-12-10-13-20-47/h10-45H,46H2,1-9H3. The molecule has 4 heterocycles. The summed E-state index contributed by atoms with van der Waals surface area (Å²) in [7, 11) is 0. The molecule has 1 aliphatic rings. The molecule has 78 heavy (non-hydrogen) atoms. The van der Waals surface area contributed by atoms with Gasteiger partial charge in [0.2, 0.25) is 0 Å². The number of anilines is 4. The average molecular weight is 1020 g/mol. The van der Waals surface area contributed by atoms with Gasteiger partial charge in [-0.2, -0.15) is 0 Å². The second-order valence-electron chi connectivity index (χ2n) is 24.3. The first-order chi connectivity index (χ1) is 37.5. The van der Waals surface area contributed by atoms with Gasteiger partial charge in [-0.3, -0.25) is 4.57 Å². The molecule has 1 aliphatic heterocycles. The maximum absolute atomic E-state index is 6.96. The maximum atomic E-state index is 6.96. The van der Waals surface area contributed by atoms with Gasteiger partial charge >= 0.3 is 0 Å². The molecule has 384 valence electrons. The van der Waals surface area contributed by atoms with Crippen LogP contribution in [-0.4, -0.2) is 20.8 Å². The minimum atomic E-state index is -0.0628. The first kappa shape index (κ1) is 48.8. The molecule has 3 aromatic heterocycles. The van der Waals surface area contributed by atoms with Crippen molar-refractivity contribution in [3.63, 3.8) is 0 Å². The van der Waals surface area contributed by atoms with Crippen LogP contribution in [0.3, 0.4) is 0 Å². The van der Waals surface area contributed by atoms with Gasteiger partial charge in [0.15, 0.2) is 0 Å². The molecular weight excluding hydrogens is 951 g/mol. The third-order valence-corrected chi connectivity index (χ3v) is 15.9. The van der Waals surface area contributed by atoms with Crippen molar-refractivity contribution in [1.82, 2.24) is 14.1 Å². The lowest BCUT2D eigenvalue weighted by Crippen LogP contribution is -2.25. The minimum absolute atomic E-state index is 0.0223. The molecule has 0 aliphatic carbocycles. The second kappa shape index (κ2) is 18.4. The molecule has 6 heteroatoms. The van der Waals surface area contributed by atoms with E-state index >= 15 is 0 Å². The number of rotatable bonds is 8. The van der Waals surface area contributed by atoms with Crippen LogP contribution >= 0.6 is 0 Å². The van der Waals surface area contributed by atoms with E-state index in [1.54, 1.807) is 0 Å². The van der Waals surface area contributed by atoms with Gasteiger partial charge in [-0.05, 0) is 152 Å². The maximum Gasteiger partial charge on any atom is 0.137 e. The fourth-order valence-electron chi connectivity index (χ4n) is 11.5. The third-order valence-electron chi connectivity index (χ3n) is 15.9. The van der Waals surface area contributed by atoms with Crippen LogP contribution in [0.2, 0.25) is 0 Å². The lowest BCUT2D eigenvalue weighted by Gasteiger charge is -2.29. The van der Waals surface area contributed by atoms with Crippen LogP contribution in [0.4, 0.5) is 22.7 Å². The van der Waals surface area contributed by atoms with Crippen molar-refractivity contribution < 1.29 is 4.74 Å². The van der Waals surface area contributed by atoms with Crippen LogP contribution in [0.5, 0.6) is 11.5 Å². The zero-order valence-electron chi connectivity index (χ0n) is 46.1. The van der Waals surface area contributed by atoms with E-state index in [-0.39, 0.29) is 16.2 Å². The number of ether oxygens (including phenoxy) is 1. The Hall–Kier alpha value is -8.87. The molecule has 0 N–H and O–H groups in total. The molecular formula is C72H65N5O. The third kappa shape index (κ3) is 8.66. The van der Waals surface area contributed by atoms with Crippen molar-refractivity contribution in [2.45, 2.75) is 78.6 Å². The monoisotopic (exact) mass is 1020 g/mol. The van der Waals surface area contributed by atoms with Crippen LogP contribution in [0.15, 0.2) is 219 Å². The molecule has 0 saturated carbocycles. The summed E-state index contributed by atoms with van der Waals surface area (Å²) >= 11 is 0. The molecule has 0 fully saturated rings. The van der Waals surface area contributed by atoms with E-state index in [2.05, 4.69) is 294 Å². The van der Waals surface area contributed by atoms with E-state index < -0.39 is 0 Å². The molecule has 0 unspecified atom stereocenters. The molecule has 0 atom stereocenters. The van der Waals surface area contributed by atoms with Crippen molar-refractivity contribution in [3.05, 3.63) is 235 Å². The Kier molecular flexibility index (Phi) is 11.5. The summed E-state index contributed by atoms with van der Waals surface area (Å²) in [5, 5.41) is 4.76. The van der Waals surface area contributed by atoms with Crippen molar-refractivity contribution in [3.8, 4) is 45.3 Å². The highest BCUT2D eigenvalue weighted by molar-refractivity contribution is 6.12. The summed E-state index contributed by atoms with van der Waals surface area (Å²) < 4.78 is 11.7. The molecule has 13 rings (SSSR count). The first-order valence-corrected chi connectivity index (χ1v) is 27.4. The predicted molar refractivity (Wildman–Crippen MR) is 328 cm³/mol. The Morgan fingerprint density at radius 3 is 1.68 bits per heavy atom. The van der Waals surface area contributed by atoms with Gasteiger partial charge in [-0.15, -0.1) is 0 Å². The summed E-state index contributed by atoms with van der Waals surface area (Å²) in [5.74, 6) is 2.39. The van der Waals surface area contributed by atoms with E-state index in [0.29, 0.717) is 6.67 Å². The Labute approximate surface area is 458 Å². The summed E-state index contributed by atoms with van der Waals surface area (Å²) in [6.07, 6.45) is 1.94. The highest BCUT2D eigenvalue weighted by atomic mass is 16.5. The normalized spacial score (nSPS) is 13.1. The quantitative estimate of drug-likeness (QED) is 0.152. The largest absolute Gasteiger partial charge is 0.457 e. The van der Waals surface area contributed by atoms with Crippen LogP contribution in [-0.2, 0) is 16.2 Å². The number of aromatic nitrogens is 3. The van der Waals surface area contributed by atoms with E-state index in [0.717, 1.165) is 67.3 Å². The van der Waals surface area contributed by atoms with Gasteiger partial charge < -0.3 is 19.1 Å². The summed E-state index contributed by atoms with van der Waals surface area (Å²) in [4.78, 5) is 9.96. The molecule has 6 nitrogen and oxygen atoms in total. The van der Waals surface area contributed by atoms with E-state index in [1.165, 1.54) is 61.0 Å². The summed E-state index contributed by atoms with van der Waals surface area (Å²) in [5.41, 5.74) is 18.7. The highest BCUT2D eigenvalue weighted by Gasteiger charge is 2.31. The summed E-state index contributed by atoms with van der Waals surface area (Å²) in [6, 6.07) is 77.4. The molecule has 0 amide bonds. The van der Waals surface area contributed by atoms with Gasteiger partial charge in [0.1, 0.15) is 24.0 Å². The van der Waals surface area contributed by atoms with Gasteiger partial charge in [-0.1, -0.05) is 165 Å². The van der Waals surface area contributed by atoms with Crippen molar-refractivity contribution in [1.29, 1.82) is 0 Å². The topological polar surface area (TPSA) is 38.5 Å². The fraction of sp³-hybridized carbons (Fsp3) is 0.181. The van der Waals surface area contributed by atoms with Crippen LogP contribution in [0, 0.1) is 0 Å². The molecule has 0 radical (unpaired) electrons. The number of hydrogen-bond acceptors (Lipinski definition) is 4. The predicted octanol–water partition coefficient (Wildman–Crippen LogP) is 19.5. The molecule has 9 aromatic carbocycles. The second-order valence-corrected chi connectivity index (χ2v) is 24.3. The number of para-hydroxylation sites is 2. The minimum Gasteiger partial charge on any atom is -0.457 e. The number of fused-ring (bicyclic) bond motifs is 7. The van der Waals surface area contributed by atoms with Crippen LogP contribution in [0.1, 0.15) is 79.0 Å². The van der Waals surface area contributed by atoms with E-state index in [9.17, 15) is 0 Å².